The van der Waals surface area contributed by atoms with Crippen LogP contribution in [0.1, 0.15) is 62.1 Å². The summed E-state index contributed by atoms with van der Waals surface area (Å²) in [4.78, 5) is 75.7. The first-order valence-electron chi connectivity index (χ1n) is 20.1. The minimum atomic E-state index is -1.01. The summed E-state index contributed by atoms with van der Waals surface area (Å²) in [6.07, 6.45) is 4.51. The van der Waals surface area contributed by atoms with E-state index in [2.05, 4.69) is 15.2 Å². The third-order valence-electron chi connectivity index (χ3n) is 12.1. The van der Waals surface area contributed by atoms with Crippen LogP contribution in [0.2, 0.25) is 0 Å². The number of aromatic nitrogens is 1. The number of hydrogen-bond donors (Lipinski definition) is 2. The number of carbonyl (C=O) groups is 4. The molecule has 0 bridgehead atoms. The summed E-state index contributed by atoms with van der Waals surface area (Å²) in [5.74, 6) is 0.692. The van der Waals surface area contributed by atoms with Crippen molar-refractivity contribution in [3.8, 4) is 0 Å². The summed E-state index contributed by atoms with van der Waals surface area (Å²) < 4.78 is 11.3. The van der Waals surface area contributed by atoms with Gasteiger partial charge >= 0.3 is 18.1 Å². The number of rotatable bonds is 9. The van der Waals surface area contributed by atoms with Gasteiger partial charge in [-0.3, -0.25) is 19.3 Å². The summed E-state index contributed by atoms with van der Waals surface area (Å²) in [5, 5.41) is 3.90. The third kappa shape index (κ3) is 9.15. The molecule has 55 heavy (non-hydrogen) atoms. The van der Waals surface area contributed by atoms with E-state index in [1.807, 2.05) is 60.0 Å². The Morgan fingerprint density at radius 3 is 2.25 bits per heavy atom. The number of urea groups is 1. The number of likely N-dealkylation sites (tertiary alicyclic amines) is 3. The van der Waals surface area contributed by atoms with Gasteiger partial charge in [-0.1, -0.05) is 24.3 Å². The number of amides is 4. The van der Waals surface area contributed by atoms with E-state index in [9.17, 15) is 24.0 Å². The predicted octanol–water partition coefficient (Wildman–Crippen LogP) is 4.95. The Morgan fingerprint density at radius 2 is 1.53 bits per heavy atom. The average molecular weight is 755 g/mol. The molecular formula is C42H54N6O7. The molecule has 3 aromatic rings. The van der Waals surface area contributed by atoms with Crippen molar-refractivity contribution < 1.29 is 28.7 Å². The van der Waals surface area contributed by atoms with Crippen molar-refractivity contribution in [3.05, 3.63) is 75.6 Å². The van der Waals surface area contributed by atoms with Crippen molar-refractivity contribution in [2.45, 2.75) is 77.4 Å². The van der Waals surface area contributed by atoms with Gasteiger partial charge in [0.1, 0.15) is 0 Å². The molecule has 2 aromatic carbocycles. The molecule has 4 aliphatic heterocycles. The number of anilines is 1. The second-order valence-electron chi connectivity index (χ2n) is 15.6. The van der Waals surface area contributed by atoms with Crippen LogP contribution in [0.5, 0.6) is 0 Å². The number of benzene rings is 2. The van der Waals surface area contributed by atoms with Crippen molar-refractivity contribution in [3.63, 3.8) is 0 Å². The van der Waals surface area contributed by atoms with Crippen molar-refractivity contribution in [1.82, 2.24) is 24.6 Å². The molecule has 13 heteroatoms. The number of fused-ring (bicyclic) bond motifs is 2. The predicted molar refractivity (Wildman–Crippen MR) is 209 cm³/mol. The zero-order valence-electron chi connectivity index (χ0n) is 32.1. The molecule has 3 fully saturated rings. The van der Waals surface area contributed by atoms with Crippen LogP contribution in [0.3, 0.4) is 0 Å². The zero-order chi connectivity index (χ0) is 38.5. The van der Waals surface area contributed by atoms with Crippen molar-refractivity contribution >= 4 is 40.6 Å². The fraction of sp³-hybridized carbons (Fsp3) is 0.548. The van der Waals surface area contributed by atoms with E-state index in [0.29, 0.717) is 70.6 Å². The standard InChI is InChI=1S/C42H54N6O7/c1-3-54-38(50)27-45-17-10-30(11-18-45)31-12-19-46(20-13-31)40(51)36(26-29-24-28(2)39-33(25-29)8-9-37(49)44-39)55-42(53)47-21-15-34(16-22-47)48-23-14-32-6-4-5-7-35(32)43-41(48)52/h4-9,24-25,30-31,34,36H,3,10-23,26-27H2,1-2H3,(H,43,52)(H,44,49)/t36-/m1/s1. The van der Waals surface area contributed by atoms with E-state index in [0.717, 1.165) is 78.5 Å². The second-order valence-corrected chi connectivity index (χ2v) is 15.6. The van der Waals surface area contributed by atoms with Gasteiger partial charge in [0.05, 0.1) is 18.7 Å². The smallest absolute Gasteiger partial charge is 0.410 e. The van der Waals surface area contributed by atoms with Gasteiger partial charge in [0.25, 0.3) is 5.91 Å². The van der Waals surface area contributed by atoms with Crippen molar-refractivity contribution in [1.29, 1.82) is 0 Å². The summed E-state index contributed by atoms with van der Waals surface area (Å²) in [6.45, 7) is 8.89. The Bertz CT molecular complexity index is 1920. The van der Waals surface area contributed by atoms with Gasteiger partial charge in [-0.05, 0) is 124 Å². The summed E-state index contributed by atoms with van der Waals surface area (Å²) in [5.41, 5.74) is 4.25. The first-order valence-corrected chi connectivity index (χ1v) is 20.1. The number of nitrogens with one attached hydrogen (secondary N) is 2. The molecule has 1 aromatic heterocycles. The van der Waals surface area contributed by atoms with Gasteiger partial charge in [0, 0.05) is 56.9 Å². The number of esters is 1. The van der Waals surface area contributed by atoms with Crippen LogP contribution in [0.15, 0.2) is 53.3 Å². The van der Waals surface area contributed by atoms with Gasteiger partial charge in [-0.15, -0.1) is 0 Å². The van der Waals surface area contributed by atoms with E-state index in [4.69, 9.17) is 9.47 Å². The van der Waals surface area contributed by atoms with Crippen LogP contribution in [0, 0.1) is 18.8 Å². The quantitative estimate of drug-likeness (QED) is 0.292. The average Bonchev–Trinajstić information content (AvgIpc) is 3.36. The minimum Gasteiger partial charge on any atom is -0.465 e. The van der Waals surface area contributed by atoms with E-state index in [-0.39, 0.29) is 35.9 Å². The van der Waals surface area contributed by atoms with Crippen LogP contribution in [-0.4, -0.2) is 120 Å². The van der Waals surface area contributed by atoms with Crippen LogP contribution < -0.4 is 10.9 Å². The molecule has 5 heterocycles. The lowest BCUT2D eigenvalue weighted by Crippen LogP contribution is -2.52. The molecule has 0 spiro atoms. The largest absolute Gasteiger partial charge is 0.465 e. The molecule has 13 nitrogen and oxygen atoms in total. The van der Waals surface area contributed by atoms with Crippen LogP contribution in [0.25, 0.3) is 10.9 Å². The number of hydrogen-bond acceptors (Lipinski definition) is 8. The Kier molecular flexibility index (Phi) is 12.0. The lowest BCUT2D eigenvalue weighted by Gasteiger charge is -2.41. The zero-order valence-corrected chi connectivity index (χ0v) is 32.1. The topological polar surface area (TPSA) is 145 Å². The molecule has 1 atom stereocenters. The Morgan fingerprint density at radius 1 is 0.836 bits per heavy atom. The number of H-pyrrole nitrogens is 1. The number of para-hydroxylation sites is 1. The monoisotopic (exact) mass is 754 g/mol. The molecule has 7 rings (SSSR count). The Hall–Kier alpha value is -4.91. The Labute approximate surface area is 322 Å². The molecule has 294 valence electrons. The minimum absolute atomic E-state index is 0.00564. The van der Waals surface area contributed by atoms with Crippen LogP contribution in [0.4, 0.5) is 15.3 Å². The summed E-state index contributed by atoms with van der Waals surface area (Å²) in [7, 11) is 0. The lowest BCUT2D eigenvalue weighted by atomic mass is 9.78. The molecule has 4 aliphatic rings. The fourth-order valence-corrected chi connectivity index (χ4v) is 9.10. The normalized spacial score (nSPS) is 19.7. The third-order valence-corrected chi connectivity index (χ3v) is 12.1. The van der Waals surface area contributed by atoms with Gasteiger partial charge < -0.3 is 34.5 Å². The van der Waals surface area contributed by atoms with E-state index in [1.165, 1.54) is 6.07 Å². The van der Waals surface area contributed by atoms with E-state index < -0.39 is 12.2 Å². The lowest BCUT2D eigenvalue weighted by molar-refractivity contribution is -0.144. The first-order chi connectivity index (χ1) is 26.6. The molecule has 0 saturated carbocycles. The number of nitrogens with zero attached hydrogens (tertiary/aromatic N) is 4. The number of carbonyl (C=O) groups excluding carboxylic acids is 4. The molecule has 3 saturated heterocycles. The van der Waals surface area contributed by atoms with Crippen LogP contribution in [-0.2, 0) is 31.9 Å². The number of pyridine rings is 1. The maximum absolute atomic E-state index is 14.3. The molecule has 2 N–H and O–H groups in total. The highest BCUT2D eigenvalue weighted by atomic mass is 16.6. The number of aryl methyl sites for hydroxylation is 1. The van der Waals surface area contributed by atoms with Gasteiger partial charge in [-0.25, -0.2) is 9.59 Å². The number of ether oxygens (including phenoxy) is 2. The molecule has 4 amide bonds. The van der Waals surface area contributed by atoms with Crippen LogP contribution >= 0.6 is 0 Å². The second kappa shape index (κ2) is 17.3. The maximum atomic E-state index is 14.3. The highest BCUT2D eigenvalue weighted by Crippen LogP contribution is 2.33. The Balaban J connectivity index is 0.983. The highest BCUT2D eigenvalue weighted by molar-refractivity contribution is 5.91. The van der Waals surface area contributed by atoms with Gasteiger partial charge in [0.2, 0.25) is 5.56 Å². The van der Waals surface area contributed by atoms with Crippen molar-refractivity contribution in [2.75, 3.05) is 64.3 Å². The van der Waals surface area contributed by atoms with Gasteiger partial charge in [-0.2, -0.15) is 0 Å². The number of piperidine rings is 3. The summed E-state index contributed by atoms with van der Waals surface area (Å²) >= 11 is 0. The van der Waals surface area contributed by atoms with E-state index >= 15 is 0 Å². The highest BCUT2D eigenvalue weighted by Gasteiger charge is 2.37. The molecular weight excluding hydrogens is 700 g/mol. The molecule has 0 aliphatic carbocycles. The molecule has 0 radical (unpaired) electrons. The fourth-order valence-electron chi connectivity index (χ4n) is 9.10. The summed E-state index contributed by atoms with van der Waals surface area (Å²) in [6, 6.07) is 14.9. The first kappa shape index (κ1) is 38.4. The van der Waals surface area contributed by atoms with Crippen molar-refractivity contribution in [2.24, 2.45) is 11.8 Å². The SMILES string of the molecule is CCOC(=O)CN1CCC(C2CCN(C(=O)[C@@H](Cc3cc(C)c4[nH]c(=O)ccc4c3)OC(=O)N3CCC(N4CCc5ccccc5NC4=O)CC3)CC2)CC1. The number of aromatic amines is 1. The van der Waals surface area contributed by atoms with E-state index in [1.54, 1.807) is 11.0 Å². The molecule has 0 unspecified atom stereocenters. The maximum Gasteiger partial charge on any atom is 0.410 e. The van der Waals surface area contributed by atoms with Gasteiger partial charge in [0.15, 0.2) is 6.10 Å².